The number of aliphatic carboxylic acids is 1. The van der Waals surface area contributed by atoms with Crippen molar-refractivity contribution in [2.45, 2.75) is 20.8 Å². The zero-order valence-corrected chi connectivity index (χ0v) is 6.01. The maximum Gasteiger partial charge on any atom is 0.309 e. The van der Waals surface area contributed by atoms with Crippen molar-refractivity contribution >= 4 is 5.97 Å². The van der Waals surface area contributed by atoms with Crippen LogP contribution in [0.25, 0.3) is 0 Å². The molecule has 0 unspecified atom stereocenters. The fourth-order valence-corrected chi connectivity index (χ4v) is 1.37. The molecule has 0 saturated heterocycles. The van der Waals surface area contributed by atoms with Crippen LogP contribution in [0.15, 0.2) is 0 Å². The van der Waals surface area contributed by atoms with Gasteiger partial charge in [-0.2, -0.15) is 0 Å². The average molecular weight is 128 g/mol. The number of hydrogen-bond acceptors (Lipinski definition) is 1. The van der Waals surface area contributed by atoms with Crippen molar-refractivity contribution < 1.29 is 9.90 Å². The molecule has 0 aromatic carbocycles. The highest BCUT2D eigenvalue weighted by Crippen LogP contribution is 2.57. The third-order valence-corrected chi connectivity index (χ3v) is 2.99. The van der Waals surface area contributed by atoms with Gasteiger partial charge in [-0.15, -0.1) is 0 Å². The van der Waals surface area contributed by atoms with Crippen molar-refractivity contribution in [3.8, 4) is 0 Å². The summed E-state index contributed by atoms with van der Waals surface area (Å²) in [5.74, 6) is 0.0625. The summed E-state index contributed by atoms with van der Waals surface area (Å²) < 4.78 is 0. The van der Waals surface area contributed by atoms with Crippen LogP contribution in [0.4, 0.5) is 0 Å². The maximum atomic E-state index is 10.5. The van der Waals surface area contributed by atoms with E-state index in [-0.39, 0.29) is 0 Å². The van der Waals surface area contributed by atoms with Crippen LogP contribution in [0.1, 0.15) is 20.8 Å². The molecule has 2 heteroatoms. The zero-order chi connectivity index (χ0) is 7.23. The van der Waals surface area contributed by atoms with Crippen LogP contribution in [0, 0.1) is 17.3 Å². The molecule has 0 spiro atoms. The molecule has 0 heterocycles. The zero-order valence-electron chi connectivity index (χ0n) is 6.01. The summed E-state index contributed by atoms with van der Waals surface area (Å²) in [6.45, 7) is 5.78. The van der Waals surface area contributed by atoms with E-state index in [0.717, 1.165) is 0 Å². The minimum atomic E-state index is -0.650. The lowest BCUT2D eigenvalue weighted by Gasteiger charge is -1.99. The predicted molar refractivity (Wildman–Crippen MR) is 34.1 cm³/mol. The Kier molecular flexibility index (Phi) is 1.09. The first kappa shape index (κ1) is 6.59. The Bertz CT molecular complexity index is 143. The Morgan fingerprint density at radius 2 is 1.78 bits per heavy atom. The molecule has 2 nitrogen and oxygen atoms in total. The van der Waals surface area contributed by atoms with Gasteiger partial charge in [0.2, 0.25) is 0 Å². The molecule has 52 valence electrons. The molecule has 0 amide bonds. The lowest BCUT2D eigenvalue weighted by molar-refractivity contribution is -0.143. The van der Waals surface area contributed by atoms with Gasteiger partial charge in [0.25, 0.3) is 0 Å². The molecule has 0 aliphatic heterocycles. The first-order valence-electron chi connectivity index (χ1n) is 3.24. The van der Waals surface area contributed by atoms with E-state index in [1.54, 1.807) is 0 Å². The van der Waals surface area contributed by atoms with Crippen molar-refractivity contribution in [1.29, 1.82) is 0 Å². The first-order chi connectivity index (χ1) is 4.01. The van der Waals surface area contributed by atoms with Gasteiger partial charge in [0.1, 0.15) is 0 Å². The smallest absolute Gasteiger partial charge is 0.309 e. The third-order valence-electron chi connectivity index (χ3n) is 2.99. The summed E-state index contributed by atoms with van der Waals surface area (Å²) in [6.07, 6.45) is 0. The van der Waals surface area contributed by atoms with Gasteiger partial charge in [-0.05, 0) is 18.8 Å². The summed E-state index contributed by atoms with van der Waals surface area (Å²) in [4.78, 5) is 10.5. The van der Waals surface area contributed by atoms with E-state index in [4.69, 9.17) is 5.11 Å². The topological polar surface area (TPSA) is 37.3 Å². The summed E-state index contributed by atoms with van der Waals surface area (Å²) in [5, 5.41) is 8.65. The quantitative estimate of drug-likeness (QED) is 0.579. The summed E-state index contributed by atoms with van der Waals surface area (Å²) in [6, 6.07) is 0. The van der Waals surface area contributed by atoms with E-state index < -0.39 is 11.4 Å². The molecule has 2 atom stereocenters. The number of carboxylic acids is 1. The SMILES string of the molecule is C[C@H]1[C@H](C)C1(C)C(=O)O. The van der Waals surface area contributed by atoms with Crippen molar-refractivity contribution in [1.82, 2.24) is 0 Å². The second-order valence-electron chi connectivity index (χ2n) is 3.17. The molecule has 1 rings (SSSR count). The lowest BCUT2D eigenvalue weighted by Crippen LogP contribution is -2.13. The van der Waals surface area contributed by atoms with Gasteiger partial charge in [-0.25, -0.2) is 0 Å². The number of carboxylic acid groups (broad SMARTS) is 1. The molecule has 0 aromatic heterocycles. The fourth-order valence-electron chi connectivity index (χ4n) is 1.37. The summed E-state index contributed by atoms with van der Waals surface area (Å²) in [7, 11) is 0. The van der Waals surface area contributed by atoms with Gasteiger partial charge >= 0.3 is 5.97 Å². The van der Waals surface area contributed by atoms with Crippen LogP contribution in [0.2, 0.25) is 0 Å². The predicted octanol–water partition coefficient (Wildman–Crippen LogP) is 1.36. The summed E-state index contributed by atoms with van der Waals surface area (Å²) >= 11 is 0. The van der Waals surface area contributed by atoms with Crippen molar-refractivity contribution in [2.24, 2.45) is 17.3 Å². The van der Waals surface area contributed by atoms with Gasteiger partial charge in [-0.1, -0.05) is 13.8 Å². The largest absolute Gasteiger partial charge is 0.481 e. The maximum absolute atomic E-state index is 10.5. The van der Waals surface area contributed by atoms with E-state index in [2.05, 4.69) is 0 Å². The van der Waals surface area contributed by atoms with Gasteiger partial charge < -0.3 is 5.11 Å². The Morgan fingerprint density at radius 1 is 1.44 bits per heavy atom. The van der Waals surface area contributed by atoms with Crippen LogP contribution in [-0.4, -0.2) is 11.1 Å². The highest BCUT2D eigenvalue weighted by Gasteiger charge is 2.61. The monoisotopic (exact) mass is 128 g/mol. The van der Waals surface area contributed by atoms with Crippen LogP contribution in [0.3, 0.4) is 0 Å². The fraction of sp³-hybridized carbons (Fsp3) is 0.857. The highest BCUT2D eigenvalue weighted by molar-refractivity contribution is 5.78. The molecule has 1 saturated carbocycles. The third kappa shape index (κ3) is 0.590. The van der Waals surface area contributed by atoms with Crippen molar-refractivity contribution in [3.05, 3.63) is 0 Å². The van der Waals surface area contributed by atoms with Gasteiger partial charge in [0.15, 0.2) is 0 Å². The second kappa shape index (κ2) is 1.49. The average Bonchev–Trinajstić information content (AvgIpc) is 2.22. The standard InChI is InChI=1S/C7H12O2/c1-4-5(2)7(4,3)6(8)9/h4-5H,1-3H3,(H,8,9)/t4-,5-/m0/s1. The van der Waals surface area contributed by atoms with Crippen LogP contribution in [0.5, 0.6) is 0 Å². The Labute approximate surface area is 54.9 Å². The summed E-state index contributed by atoms with van der Waals surface area (Å²) in [5.41, 5.74) is -0.417. The normalized spacial score (nSPS) is 48.8. The van der Waals surface area contributed by atoms with Crippen molar-refractivity contribution in [3.63, 3.8) is 0 Å². The van der Waals surface area contributed by atoms with Crippen LogP contribution in [-0.2, 0) is 4.79 Å². The van der Waals surface area contributed by atoms with E-state index in [0.29, 0.717) is 11.8 Å². The Morgan fingerprint density at radius 3 is 1.78 bits per heavy atom. The molecule has 0 radical (unpaired) electrons. The minimum absolute atomic E-state index is 0.356. The molecular weight excluding hydrogens is 116 g/mol. The number of carbonyl (C=O) groups is 1. The van der Waals surface area contributed by atoms with E-state index >= 15 is 0 Å². The minimum Gasteiger partial charge on any atom is -0.481 e. The lowest BCUT2D eigenvalue weighted by atomic mass is 10.1. The number of hydrogen-bond donors (Lipinski definition) is 1. The molecule has 1 aliphatic carbocycles. The molecule has 0 aromatic rings. The van der Waals surface area contributed by atoms with Crippen molar-refractivity contribution in [2.75, 3.05) is 0 Å². The van der Waals surface area contributed by atoms with Crippen LogP contribution < -0.4 is 0 Å². The highest BCUT2D eigenvalue weighted by atomic mass is 16.4. The molecule has 9 heavy (non-hydrogen) atoms. The van der Waals surface area contributed by atoms with Crippen LogP contribution >= 0.6 is 0 Å². The van der Waals surface area contributed by atoms with E-state index in [1.807, 2.05) is 20.8 Å². The van der Waals surface area contributed by atoms with Gasteiger partial charge in [0.05, 0.1) is 5.41 Å². The van der Waals surface area contributed by atoms with Gasteiger partial charge in [-0.3, -0.25) is 4.79 Å². The second-order valence-corrected chi connectivity index (χ2v) is 3.17. The molecule has 1 fully saturated rings. The molecule has 1 N–H and O–H groups in total. The molecular formula is C7H12O2. The first-order valence-corrected chi connectivity index (χ1v) is 3.24. The molecule has 1 aliphatic rings. The number of rotatable bonds is 1. The van der Waals surface area contributed by atoms with E-state index in [1.165, 1.54) is 0 Å². The van der Waals surface area contributed by atoms with Gasteiger partial charge in [0, 0.05) is 0 Å². The Balaban J connectivity index is 2.71. The van der Waals surface area contributed by atoms with E-state index in [9.17, 15) is 4.79 Å². The Hall–Kier alpha value is -0.530. The molecule has 0 bridgehead atoms.